The van der Waals surface area contributed by atoms with Crippen LogP contribution >= 0.6 is 11.3 Å². The lowest BCUT2D eigenvalue weighted by Crippen LogP contribution is -2.12. The van der Waals surface area contributed by atoms with Crippen LogP contribution in [0.25, 0.3) is 10.7 Å². The highest BCUT2D eigenvalue weighted by molar-refractivity contribution is 7.13. The molecule has 30 heavy (non-hydrogen) atoms. The molecule has 3 heterocycles. The van der Waals surface area contributed by atoms with Gasteiger partial charge in [-0.1, -0.05) is 12.1 Å². The Morgan fingerprint density at radius 2 is 1.97 bits per heavy atom. The molecule has 0 unspecified atom stereocenters. The number of methoxy groups -OCH3 is 1. The van der Waals surface area contributed by atoms with Crippen LogP contribution in [0.1, 0.15) is 16.1 Å². The first-order valence-corrected chi connectivity index (χ1v) is 9.97. The number of nitrogens with zero attached hydrogens (tertiary/aromatic N) is 3. The number of aryl methyl sites for hydroxylation is 1. The quantitative estimate of drug-likeness (QED) is 0.476. The van der Waals surface area contributed by atoms with Gasteiger partial charge in [-0.25, -0.2) is 9.97 Å². The molecule has 7 nitrogen and oxygen atoms in total. The van der Waals surface area contributed by atoms with Crippen LogP contribution in [0.3, 0.4) is 0 Å². The average molecular weight is 418 g/mol. The van der Waals surface area contributed by atoms with Gasteiger partial charge < -0.3 is 14.8 Å². The van der Waals surface area contributed by atoms with Crippen LogP contribution < -0.4 is 14.8 Å². The van der Waals surface area contributed by atoms with Gasteiger partial charge in [0.2, 0.25) is 5.88 Å². The predicted octanol–water partition coefficient (Wildman–Crippen LogP) is 4.96. The van der Waals surface area contributed by atoms with Crippen molar-refractivity contribution in [2.75, 3.05) is 12.4 Å². The lowest BCUT2D eigenvalue weighted by atomic mass is 10.2. The molecule has 150 valence electrons. The number of carbonyl (C=O) groups excluding carboxylic acids is 1. The van der Waals surface area contributed by atoms with Crippen LogP contribution in [0.15, 0.2) is 66.3 Å². The van der Waals surface area contributed by atoms with E-state index in [1.807, 2.05) is 43.3 Å². The van der Waals surface area contributed by atoms with E-state index in [0.29, 0.717) is 33.8 Å². The zero-order chi connectivity index (χ0) is 20.9. The van der Waals surface area contributed by atoms with Crippen LogP contribution in [-0.4, -0.2) is 28.0 Å². The van der Waals surface area contributed by atoms with Crippen molar-refractivity contribution in [3.05, 3.63) is 77.6 Å². The van der Waals surface area contributed by atoms with Gasteiger partial charge in [0.05, 0.1) is 24.7 Å². The lowest BCUT2D eigenvalue weighted by Gasteiger charge is -2.10. The van der Waals surface area contributed by atoms with E-state index in [-0.39, 0.29) is 5.91 Å². The minimum atomic E-state index is -0.316. The number of pyridine rings is 2. The Morgan fingerprint density at radius 1 is 1.07 bits per heavy atom. The Hall–Kier alpha value is -3.78. The Morgan fingerprint density at radius 3 is 2.70 bits per heavy atom. The van der Waals surface area contributed by atoms with Crippen LogP contribution in [0.4, 0.5) is 5.69 Å². The maximum absolute atomic E-state index is 12.5. The Balaban J connectivity index is 1.42. The zero-order valence-corrected chi connectivity index (χ0v) is 17.1. The molecule has 8 heteroatoms. The molecule has 1 amide bonds. The summed E-state index contributed by atoms with van der Waals surface area (Å²) < 4.78 is 11.1. The summed E-state index contributed by atoms with van der Waals surface area (Å²) in [5, 5.41) is 5.18. The molecule has 1 N–H and O–H groups in total. The van der Waals surface area contributed by atoms with Gasteiger partial charge >= 0.3 is 0 Å². The number of ether oxygens (including phenoxy) is 2. The molecule has 0 radical (unpaired) electrons. The van der Waals surface area contributed by atoms with Crippen LogP contribution in [0.5, 0.6) is 17.4 Å². The summed E-state index contributed by atoms with van der Waals surface area (Å²) in [6.45, 7) is 1.98. The molecule has 0 aliphatic heterocycles. The molecule has 0 fully saturated rings. The third-order valence-corrected chi connectivity index (χ3v) is 5.01. The van der Waals surface area contributed by atoms with E-state index in [9.17, 15) is 4.79 Å². The molecular weight excluding hydrogens is 400 g/mol. The first-order valence-electron chi connectivity index (χ1n) is 9.09. The smallest absolute Gasteiger partial charge is 0.275 e. The monoisotopic (exact) mass is 418 g/mol. The summed E-state index contributed by atoms with van der Waals surface area (Å²) in [6.07, 6.45) is 3.22. The number of carbonyl (C=O) groups is 1. The van der Waals surface area contributed by atoms with E-state index >= 15 is 0 Å². The summed E-state index contributed by atoms with van der Waals surface area (Å²) in [4.78, 5) is 25.3. The molecular formula is C22H18N4O3S. The lowest BCUT2D eigenvalue weighted by molar-refractivity contribution is 0.102. The molecule has 1 aromatic carbocycles. The van der Waals surface area contributed by atoms with Crippen LogP contribution in [0, 0.1) is 6.92 Å². The van der Waals surface area contributed by atoms with E-state index in [4.69, 9.17) is 9.47 Å². The van der Waals surface area contributed by atoms with Crippen molar-refractivity contribution in [1.82, 2.24) is 15.0 Å². The normalized spacial score (nSPS) is 10.5. The second-order valence-corrected chi connectivity index (χ2v) is 7.21. The standard InChI is InChI=1S/C22H18N4O3S/c1-14-6-8-18(19(11-14)28-2)29-20-9-7-15(12-24-20)25-21(27)17-13-30-22(26-17)16-5-3-4-10-23-16/h3-13H,1-2H3,(H,25,27). The van der Waals surface area contributed by atoms with E-state index < -0.39 is 0 Å². The van der Waals surface area contributed by atoms with Gasteiger partial charge in [-0.2, -0.15) is 0 Å². The van der Waals surface area contributed by atoms with Crippen LogP contribution in [-0.2, 0) is 0 Å². The second kappa shape index (κ2) is 8.71. The van der Waals surface area contributed by atoms with Crippen molar-refractivity contribution in [3.63, 3.8) is 0 Å². The SMILES string of the molecule is COc1cc(C)ccc1Oc1ccc(NC(=O)c2csc(-c3ccccn3)n2)cn1. The number of hydrogen-bond donors (Lipinski definition) is 1. The van der Waals surface area contributed by atoms with Gasteiger partial charge in [0.15, 0.2) is 11.5 Å². The maximum atomic E-state index is 12.5. The number of aromatic nitrogens is 3. The largest absolute Gasteiger partial charge is 0.493 e. The van der Waals surface area contributed by atoms with Crippen molar-refractivity contribution in [2.24, 2.45) is 0 Å². The molecule has 0 saturated carbocycles. The van der Waals surface area contributed by atoms with Gasteiger partial charge in [0, 0.05) is 17.6 Å². The van der Waals surface area contributed by atoms with Crippen molar-refractivity contribution in [3.8, 4) is 28.1 Å². The van der Waals surface area contributed by atoms with Gasteiger partial charge in [-0.15, -0.1) is 11.3 Å². The van der Waals surface area contributed by atoms with Gasteiger partial charge in [-0.3, -0.25) is 9.78 Å². The van der Waals surface area contributed by atoms with Crippen molar-refractivity contribution >= 4 is 22.9 Å². The minimum absolute atomic E-state index is 0.316. The predicted molar refractivity (Wildman–Crippen MR) is 115 cm³/mol. The third-order valence-electron chi connectivity index (χ3n) is 4.15. The fourth-order valence-electron chi connectivity index (χ4n) is 2.67. The molecule has 3 aromatic heterocycles. The van der Waals surface area contributed by atoms with Gasteiger partial charge in [0.1, 0.15) is 10.7 Å². The number of amides is 1. The Kier molecular flexibility index (Phi) is 5.67. The van der Waals surface area contributed by atoms with Gasteiger partial charge in [0.25, 0.3) is 5.91 Å². The van der Waals surface area contributed by atoms with Crippen LogP contribution in [0.2, 0.25) is 0 Å². The summed E-state index contributed by atoms with van der Waals surface area (Å²) in [5.41, 5.74) is 2.66. The number of benzene rings is 1. The average Bonchev–Trinajstić information content (AvgIpc) is 3.27. The fourth-order valence-corrected chi connectivity index (χ4v) is 3.44. The molecule has 0 aliphatic carbocycles. The van der Waals surface area contributed by atoms with Crippen molar-refractivity contribution < 1.29 is 14.3 Å². The number of nitrogens with one attached hydrogen (secondary N) is 1. The highest BCUT2D eigenvalue weighted by Crippen LogP contribution is 2.31. The highest BCUT2D eigenvalue weighted by Gasteiger charge is 2.13. The number of rotatable bonds is 6. The maximum Gasteiger partial charge on any atom is 0.275 e. The molecule has 4 rings (SSSR count). The molecule has 4 aromatic rings. The molecule has 0 aliphatic rings. The highest BCUT2D eigenvalue weighted by atomic mass is 32.1. The second-order valence-electron chi connectivity index (χ2n) is 6.35. The first-order chi connectivity index (χ1) is 14.6. The van der Waals surface area contributed by atoms with Crippen molar-refractivity contribution in [1.29, 1.82) is 0 Å². The molecule has 0 spiro atoms. The summed E-state index contributed by atoms with van der Waals surface area (Å²) >= 11 is 1.37. The molecule has 0 atom stereocenters. The molecule has 0 saturated heterocycles. The van der Waals surface area contributed by atoms with Crippen molar-refractivity contribution in [2.45, 2.75) is 6.92 Å². The molecule has 0 bridgehead atoms. The Labute approximate surface area is 177 Å². The summed E-state index contributed by atoms with van der Waals surface area (Å²) in [5.74, 6) is 1.27. The van der Waals surface area contributed by atoms with E-state index in [1.54, 1.807) is 30.8 Å². The third kappa shape index (κ3) is 4.44. The number of anilines is 1. The number of hydrogen-bond acceptors (Lipinski definition) is 7. The first kappa shape index (κ1) is 19.5. The van der Waals surface area contributed by atoms with E-state index in [1.165, 1.54) is 17.5 Å². The topological polar surface area (TPSA) is 86.2 Å². The van der Waals surface area contributed by atoms with E-state index in [2.05, 4.69) is 20.3 Å². The fraction of sp³-hybridized carbons (Fsp3) is 0.0909. The Bertz CT molecular complexity index is 1160. The summed E-state index contributed by atoms with van der Waals surface area (Å²) in [6, 6.07) is 14.6. The van der Waals surface area contributed by atoms with Gasteiger partial charge in [-0.05, 0) is 42.8 Å². The van der Waals surface area contributed by atoms with E-state index in [0.717, 1.165) is 11.3 Å². The number of thiazole rings is 1. The zero-order valence-electron chi connectivity index (χ0n) is 16.3. The minimum Gasteiger partial charge on any atom is -0.493 e. The summed E-state index contributed by atoms with van der Waals surface area (Å²) in [7, 11) is 1.59.